The highest BCUT2D eigenvalue weighted by Gasteiger charge is 1.98. The molecule has 1 N–H and O–H groups in total. The van der Waals surface area contributed by atoms with Gasteiger partial charge in [-0.2, -0.15) is 0 Å². The number of phenols is 1. The zero-order valence-corrected chi connectivity index (χ0v) is 9.06. The largest absolute Gasteiger partial charge is 0.508 e. The van der Waals surface area contributed by atoms with E-state index >= 15 is 0 Å². The number of phenolic OH excluding ortho intramolecular Hbond substituents is 1. The van der Waals surface area contributed by atoms with Crippen LogP contribution in [-0.2, 0) is 0 Å². The van der Waals surface area contributed by atoms with Crippen LogP contribution in [0.3, 0.4) is 0 Å². The Morgan fingerprint density at radius 1 is 1.38 bits per heavy atom. The molecule has 0 amide bonds. The van der Waals surface area contributed by atoms with Crippen molar-refractivity contribution in [1.29, 1.82) is 0 Å². The molecule has 3 heteroatoms. The van der Waals surface area contributed by atoms with Gasteiger partial charge in [0.05, 0.1) is 0 Å². The van der Waals surface area contributed by atoms with Crippen LogP contribution in [0, 0.1) is 6.92 Å². The fourth-order valence-electron chi connectivity index (χ4n) is 0.757. The Hall–Kier alpha value is -0.960. The second-order valence-electron chi connectivity index (χ2n) is 2.17. The highest BCUT2D eigenvalue weighted by Crippen LogP contribution is 2.26. The summed E-state index contributed by atoms with van der Waals surface area (Å²) in [6.45, 7) is 9.32. The van der Waals surface area contributed by atoms with Crippen molar-refractivity contribution in [3.8, 4) is 5.75 Å². The number of nitrogens with zero attached hydrogens (tertiary/aromatic N) is 1. The molecule has 1 aromatic rings. The molecule has 0 saturated heterocycles. The predicted molar refractivity (Wildman–Crippen MR) is 59.6 cm³/mol. The zero-order chi connectivity index (χ0) is 10.3. The van der Waals surface area contributed by atoms with Gasteiger partial charge in [0.25, 0.3) is 0 Å². The normalized spacial score (nSPS) is 8.54. The van der Waals surface area contributed by atoms with Gasteiger partial charge in [0.15, 0.2) is 0 Å². The Morgan fingerprint density at radius 3 is 2.54 bits per heavy atom. The first kappa shape index (κ1) is 12.0. The van der Waals surface area contributed by atoms with E-state index in [1.807, 2.05) is 26.8 Å². The van der Waals surface area contributed by atoms with Gasteiger partial charge in [-0.15, -0.1) is 0 Å². The number of hydrogen-bond donors (Lipinski definition) is 1. The van der Waals surface area contributed by atoms with Gasteiger partial charge in [0, 0.05) is 16.8 Å². The van der Waals surface area contributed by atoms with Crippen LogP contribution in [0.4, 0.5) is 0 Å². The maximum absolute atomic E-state index is 9.09. The number of benzene rings is 1. The molecule has 0 fully saturated rings. The van der Waals surface area contributed by atoms with Gasteiger partial charge in [-0.1, -0.05) is 19.9 Å². The maximum atomic E-state index is 9.09. The third-order valence-electron chi connectivity index (χ3n) is 1.33. The van der Waals surface area contributed by atoms with Crippen LogP contribution in [0.15, 0.2) is 27.5 Å². The molecule has 0 heterocycles. The summed E-state index contributed by atoms with van der Waals surface area (Å²) in [6.07, 6.45) is 0. The van der Waals surface area contributed by atoms with Crippen molar-refractivity contribution in [1.82, 2.24) is 0 Å². The van der Waals surface area contributed by atoms with Gasteiger partial charge in [-0.25, -0.2) is 4.40 Å². The second kappa shape index (κ2) is 6.54. The van der Waals surface area contributed by atoms with E-state index in [2.05, 4.69) is 11.1 Å². The molecule has 0 aliphatic carbocycles. The molecular weight excluding hydrogens is 182 g/mol. The molecule has 0 atom stereocenters. The van der Waals surface area contributed by atoms with Crippen molar-refractivity contribution in [3.05, 3.63) is 23.8 Å². The van der Waals surface area contributed by atoms with Crippen LogP contribution in [0.25, 0.3) is 0 Å². The van der Waals surface area contributed by atoms with Gasteiger partial charge in [0.1, 0.15) is 5.75 Å². The summed E-state index contributed by atoms with van der Waals surface area (Å²) in [5.41, 5.74) is 1.10. The highest BCUT2D eigenvalue weighted by molar-refractivity contribution is 7.98. The molecule has 2 nitrogen and oxygen atoms in total. The molecule has 0 bridgehead atoms. The second-order valence-corrected chi connectivity index (χ2v) is 3.05. The molecule has 1 aromatic carbocycles. The quantitative estimate of drug-likeness (QED) is 0.582. The lowest BCUT2D eigenvalue weighted by atomic mass is 10.2. The summed E-state index contributed by atoms with van der Waals surface area (Å²) < 4.78 is 3.66. The van der Waals surface area contributed by atoms with E-state index < -0.39 is 0 Å². The van der Waals surface area contributed by atoms with Crippen molar-refractivity contribution in [2.45, 2.75) is 25.7 Å². The van der Waals surface area contributed by atoms with E-state index in [1.165, 1.54) is 11.9 Å². The molecule has 1 rings (SSSR count). The number of hydrogen-bond acceptors (Lipinski definition) is 3. The molecule has 0 aliphatic heterocycles. The third kappa shape index (κ3) is 3.99. The molecule has 0 aromatic heterocycles. The Bertz CT molecular complexity index is 274. The maximum Gasteiger partial charge on any atom is 0.116 e. The summed E-state index contributed by atoms with van der Waals surface area (Å²) in [5, 5.41) is 9.09. The summed E-state index contributed by atoms with van der Waals surface area (Å²) in [6, 6.07) is 5.18. The molecule has 0 saturated carbocycles. The van der Waals surface area contributed by atoms with Gasteiger partial charge < -0.3 is 5.11 Å². The molecule has 13 heavy (non-hydrogen) atoms. The van der Waals surface area contributed by atoms with Crippen molar-refractivity contribution in [2.75, 3.05) is 0 Å². The molecule has 0 unspecified atom stereocenters. The lowest BCUT2D eigenvalue weighted by Gasteiger charge is -2.00. The molecule has 72 valence electrons. The van der Waals surface area contributed by atoms with E-state index in [9.17, 15) is 0 Å². The molecule has 0 aliphatic rings. The Kier molecular flexibility index (Phi) is 6.06. The minimum atomic E-state index is 0.266. The predicted octanol–water partition coefficient (Wildman–Crippen LogP) is 3.43. The topological polar surface area (TPSA) is 32.6 Å². The van der Waals surface area contributed by atoms with Crippen LogP contribution < -0.4 is 0 Å². The van der Waals surface area contributed by atoms with Gasteiger partial charge in [0.2, 0.25) is 0 Å². The highest BCUT2D eigenvalue weighted by atomic mass is 32.2. The van der Waals surface area contributed by atoms with Crippen molar-refractivity contribution >= 4 is 18.7 Å². The van der Waals surface area contributed by atoms with Crippen molar-refractivity contribution < 1.29 is 5.11 Å². The fraction of sp³-hybridized carbons (Fsp3) is 0.300. The van der Waals surface area contributed by atoms with Crippen molar-refractivity contribution in [2.24, 2.45) is 4.40 Å². The summed E-state index contributed by atoms with van der Waals surface area (Å²) in [7, 11) is 0. The Balaban J connectivity index is 0.000000671. The molecule has 0 spiro atoms. The van der Waals surface area contributed by atoms with Crippen molar-refractivity contribution in [3.63, 3.8) is 0 Å². The van der Waals surface area contributed by atoms with E-state index in [0.29, 0.717) is 0 Å². The van der Waals surface area contributed by atoms with E-state index in [4.69, 9.17) is 5.11 Å². The average molecular weight is 197 g/mol. The summed E-state index contributed by atoms with van der Waals surface area (Å²) in [5.74, 6) is 0.266. The van der Waals surface area contributed by atoms with Crippen LogP contribution in [0.1, 0.15) is 19.4 Å². The van der Waals surface area contributed by atoms with Crippen LogP contribution in [0.5, 0.6) is 5.75 Å². The zero-order valence-electron chi connectivity index (χ0n) is 8.24. The van der Waals surface area contributed by atoms with Crippen LogP contribution in [-0.4, -0.2) is 11.8 Å². The first-order chi connectivity index (χ1) is 6.24. The number of rotatable bonds is 2. The monoisotopic (exact) mass is 197 g/mol. The first-order valence-electron chi connectivity index (χ1n) is 4.16. The number of aromatic hydroxyl groups is 1. The van der Waals surface area contributed by atoms with Gasteiger partial charge >= 0.3 is 0 Å². The van der Waals surface area contributed by atoms with Gasteiger partial charge in [-0.3, -0.25) is 0 Å². The SMILES string of the molecule is C=NSc1cc(O)ccc1C.CC. The molecule has 0 radical (unpaired) electrons. The Morgan fingerprint density at radius 2 is 2.00 bits per heavy atom. The summed E-state index contributed by atoms with van der Waals surface area (Å²) >= 11 is 1.27. The standard InChI is InChI=1S/C8H9NOS.C2H6/c1-6-3-4-7(10)5-8(6)11-9-2;1-2/h3-5,10H,2H2,1H3;1-2H3. The van der Waals surface area contributed by atoms with Crippen LogP contribution >= 0.6 is 11.9 Å². The average Bonchev–Trinajstić information content (AvgIpc) is 2.15. The van der Waals surface area contributed by atoms with E-state index in [0.717, 1.165) is 10.5 Å². The van der Waals surface area contributed by atoms with E-state index in [-0.39, 0.29) is 5.75 Å². The minimum absolute atomic E-state index is 0.266. The van der Waals surface area contributed by atoms with Gasteiger partial charge in [-0.05, 0) is 31.3 Å². The first-order valence-corrected chi connectivity index (χ1v) is 4.94. The third-order valence-corrected chi connectivity index (χ3v) is 2.10. The van der Waals surface area contributed by atoms with E-state index in [1.54, 1.807) is 12.1 Å². The summed E-state index contributed by atoms with van der Waals surface area (Å²) in [4.78, 5) is 0.944. The minimum Gasteiger partial charge on any atom is -0.508 e. The lowest BCUT2D eigenvalue weighted by molar-refractivity contribution is 0.473. The lowest BCUT2D eigenvalue weighted by Crippen LogP contribution is -1.76. The molecular formula is C10H15NOS. The number of aryl methyl sites for hydroxylation is 1. The fourth-order valence-corrected chi connectivity index (χ4v) is 1.28. The Labute approximate surface area is 83.8 Å². The smallest absolute Gasteiger partial charge is 0.116 e. The van der Waals surface area contributed by atoms with Crippen LogP contribution in [0.2, 0.25) is 0 Å².